The van der Waals surface area contributed by atoms with Gasteiger partial charge in [-0.15, -0.1) is 5.10 Å². The molecule has 5 rings (SSSR count). The highest BCUT2D eigenvalue weighted by atomic mass is 19.4. The molecule has 4 aromatic rings. The Balaban J connectivity index is 1.44. The number of nitrogens with zero attached hydrogens (tertiary/aromatic N) is 6. The minimum atomic E-state index is -4.39. The number of fused-ring (bicyclic) bond motifs is 1. The van der Waals surface area contributed by atoms with Gasteiger partial charge in [0, 0.05) is 25.1 Å². The maximum atomic E-state index is 13.5. The molecule has 1 aliphatic heterocycles. The Kier molecular flexibility index (Phi) is 5.15. The fraction of sp³-hybridized carbons (Fsp3) is 0.304. The third kappa shape index (κ3) is 3.96. The van der Waals surface area contributed by atoms with Crippen molar-refractivity contribution in [2.45, 2.75) is 38.4 Å². The van der Waals surface area contributed by atoms with Gasteiger partial charge in [0.05, 0.1) is 24.7 Å². The van der Waals surface area contributed by atoms with E-state index in [1.807, 2.05) is 23.8 Å². The van der Waals surface area contributed by atoms with Gasteiger partial charge in [-0.05, 0) is 37.1 Å². The Morgan fingerprint density at radius 2 is 1.91 bits per heavy atom. The lowest BCUT2D eigenvalue weighted by Crippen LogP contribution is -2.22. The fourth-order valence-electron chi connectivity index (χ4n) is 4.24. The van der Waals surface area contributed by atoms with Gasteiger partial charge >= 0.3 is 6.18 Å². The van der Waals surface area contributed by atoms with Gasteiger partial charge in [-0.1, -0.05) is 18.2 Å². The molecule has 170 valence electrons. The first-order valence-corrected chi connectivity index (χ1v) is 10.5. The normalized spacial score (nSPS) is 16.0. The third-order valence-electron chi connectivity index (χ3n) is 5.82. The zero-order valence-corrected chi connectivity index (χ0v) is 18.0. The van der Waals surface area contributed by atoms with E-state index >= 15 is 0 Å². The van der Waals surface area contributed by atoms with E-state index in [0.29, 0.717) is 42.3 Å². The van der Waals surface area contributed by atoms with E-state index in [4.69, 9.17) is 4.74 Å². The lowest BCUT2D eigenvalue weighted by molar-refractivity contribution is -0.138. The minimum absolute atomic E-state index is 0.292. The molecular formula is C23H21F3N6O. The predicted molar refractivity (Wildman–Crippen MR) is 114 cm³/mol. The largest absolute Gasteiger partial charge is 0.479 e. The SMILES string of the molecule is COc1nc(-c2nc3n(n2)CC(c2ccccc2C(F)(F)F)CC3)ccc1-n1cnc(C)c1. The molecule has 10 heteroatoms. The molecule has 0 amide bonds. The van der Waals surface area contributed by atoms with E-state index in [1.54, 1.807) is 29.2 Å². The molecule has 0 aliphatic carbocycles. The van der Waals surface area contributed by atoms with E-state index in [1.165, 1.54) is 13.2 Å². The van der Waals surface area contributed by atoms with Crippen molar-refractivity contribution in [2.24, 2.45) is 0 Å². The summed E-state index contributed by atoms with van der Waals surface area (Å²) in [6.07, 6.45) is 0.265. The number of imidazole rings is 1. The summed E-state index contributed by atoms with van der Waals surface area (Å²) in [5, 5.41) is 4.56. The predicted octanol–water partition coefficient (Wildman–Crippen LogP) is 4.59. The molecule has 1 atom stereocenters. The molecule has 1 aromatic carbocycles. The number of ether oxygens (including phenoxy) is 1. The monoisotopic (exact) mass is 454 g/mol. The van der Waals surface area contributed by atoms with Crippen molar-refractivity contribution in [2.75, 3.05) is 7.11 Å². The molecule has 0 spiro atoms. The van der Waals surface area contributed by atoms with Crippen LogP contribution in [-0.2, 0) is 19.1 Å². The first-order valence-electron chi connectivity index (χ1n) is 10.5. The number of aryl methyl sites for hydroxylation is 2. The van der Waals surface area contributed by atoms with E-state index < -0.39 is 11.7 Å². The highest BCUT2D eigenvalue weighted by Crippen LogP contribution is 2.38. The summed E-state index contributed by atoms with van der Waals surface area (Å²) in [7, 11) is 1.54. The van der Waals surface area contributed by atoms with Crippen LogP contribution in [-0.4, -0.2) is 36.4 Å². The van der Waals surface area contributed by atoms with Crippen molar-refractivity contribution in [1.29, 1.82) is 0 Å². The topological polar surface area (TPSA) is 70.7 Å². The van der Waals surface area contributed by atoms with Crippen molar-refractivity contribution >= 4 is 0 Å². The first kappa shape index (κ1) is 21.2. The smallest absolute Gasteiger partial charge is 0.416 e. The van der Waals surface area contributed by atoms with Crippen LogP contribution in [0.15, 0.2) is 48.9 Å². The molecule has 33 heavy (non-hydrogen) atoms. The molecule has 1 aliphatic rings. The lowest BCUT2D eigenvalue weighted by Gasteiger charge is -2.25. The number of alkyl halides is 3. The third-order valence-corrected chi connectivity index (χ3v) is 5.82. The van der Waals surface area contributed by atoms with E-state index in [2.05, 4.69) is 20.1 Å². The van der Waals surface area contributed by atoms with Crippen molar-refractivity contribution in [1.82, 2.24) is 29.3 Å². The lowest BCUT2D eigenvalue weighted by atomic mass is 9.88. The van der Waals surface area contributed by atoms with Crippen LogP contribution in [0.2, 0.25) is 0 Å². The zero-order valence-electron chi connectivity index (χ0n) is 18.0. The molecule has 3 aromatic heterocycles. The van der Waals surface area contributed by atoms with Gasteiger partial charge in [0.2, 0.25) is 5.88 Å². The Morgan fingerprint density at radius 3 is 2.64 bits per heavy atom. The number of benzene rings is 1. The summed E-state index contributed by atoms with van der Waals surface area (Å²) >= 11 is 0. The second kappa shape index (κ2) is 8.02. The minimum Gasteiger partial charge on any atom is -0.479 e. The van der Waals surface area contributed by atoms with Gasteiger partial charge in [0.25, 0.3) is 0 Å². The van der Waals surface area contributed by atoms with Gasteiger partial charge in [-0.25, -0.2) is 19.6 Å². The summed E-state index contributed by atoms with van der Waals surface area (Å²) in [6, 6.07) is 9.40. The van der Waals surface area contributed by atoms with Crippen molar-refractivity contribution < 1.29 is 17.9 Å². The number of methoxy groups -OCH3 is 1. The van der Waals surface area contributed by atoms with E-state index in [9.17, 15) is 13.2 Å². The number of hydrogen-bond donors (Lipinski definition) is 0. The summed E-state index contributed by atoms with van der Waals surface area (Å²) in [5.41, 5.74) is 1.84. The number of rotatable bonds is 4. The molecule has 0 fully saturated rings. The fourth-order valence-corrected chi connectivity index (χ4v) is 4.24. The Bertz CT molecular complexity index is 1310. The standard InChI is InChI=1S/C23H21F3N6O/c1-14-11-31(13-27-14)19-9-8-18(28-22(19)33-2)21-29-20-10-7-15(12-32(20)30-21)16-5-3-4-6-17(16)23(24,25)26/h3-6,8-9,11,13,15H,7,10,12H2,1-2H3. The van der Waals surface area contributed by atoms with Crippen molar-refractivity contribution in [3.05, 3.63) is 71.6 Å². The van der Waals surface area contributed by atoms with Crippen molar-refractivity contribution in [3.63, 3.8) is 0 Å². The number of hydrogen-bond acceptors (Lipinski definition) is 5. The van der Waals surface area contributed by atoms with Crippen LogP contribution in [0.1, 0.15) is 35.0 Å². The quantitative estimate of drug-likeness (QED) is 0.451. The van der Waals surface area contributed by atoms with Crippen LogP contribution >= 0.6 is 0 Å². The van der Waals surface area contributed by atoms with Gasteiger partial charge in [-0.3, -0.25) is 0 Å². The molecule has 4 heterocycles. The van der Waals surface area contributed by atoms with Gasteiger partial charge in [0.15, 0.2) is 5.82 Å². The first-order chi connectivity index (χ1) is 15.8. The number of aromatic nitrogens is 6. The number of halogens is 3. The summed E-state index contributed by atoms with van der Waals surface area (Å²) in [6.45, 7) is 2.23. The zero-order chi connectivity index (χ0) is 23.2. The Morgan fingerprint density at radius 1 is 1.09 bits per heavy atom. The molecular weight excluding hydrogens is 433 g/mol. The van der Waals surface area contributed by atoms with Crippen LogP contribution in [0.5, 0.6) is 5.88 Å². The van der Waals surface area contributed by atoms with Crippen LogP contribution in [0.4, 0.5) is 13.2 Å². The molecule has 0 saturated heterocycles. The van der Waals surface area contributed by atoms with Crippen LogP contribution < -0.4 is 4.74 Å². The second-order valence-electron chi connectivity index (χ2n) is 8.00. The Labute approximate surface area is 187 Å². The number of pyridine rings is 1. The van der Waals surface area contributed by atoms with Crippen LogP contribution in [0.3, 0.4) is 0 Å². The summed E-state index contributed by atoms with van der Waals surface area (Å²) in [4.78, 5) is 13.4. The summed E-state index contributed by atoms with van der Waals surface area (Å²) < 4.78 is 49.5. The van der Waals surface area contributed by atoms with E-state index in [-0.39, 0.29) is 5.92 Å². The molecule has 0 radical (unpaired) electrons. The highest BCUT2D eigenvalue weighted by molar-refractivity contribution is 5.55. The molecule has 0 saturated carbocycles. The Hall–Kier alpha value is -3.69. The van der Waals surface area contributed by atoms with Gasteiger partial charge in [0.1, 0.15) is 17.2 Å². The average molecular weight is 454 g/mol. The molecule has 7 nitrogen and oxygen atoms in total. The summed E-state index contributed by atoms with van der Waals surface area (Å²) in [5.74, 6) is 1.26. The maximum absolute atomic E-state index is 13.5. The molecule has 0 N–H and O–H groups in total. The van der Waals surface area contributed by atoms with Crippen molar-refractivity contribution in [3.8, 4) is 23.1 Å². The second-order valence-corrected chi connectivity index (χ2v) is 8.00. The maximum Gasteiger partial charge on any atom is 0.416 e. The average Bonchev–Trinajstić information content (AvgIpc) is 3.43. The van der Waals surface area contributed by atoms with Crippen LogP contribution in [0.25, 0.3) is 17.2 Å². The van der Waals surface area contributed by atoms with Gasteiger partial charge in [-0.2, -0.15) is 13.2 Å². The van der Waals surface area contributed by atoms with E-state index in [0.717, 1.165) is 23.3 Å². The van der Waals surface area contributed by atoms with Crippen LogP contribution in [0, 0.1) is 6.92 Å². The molecule has 0 bridgehead atoms. The molecule has 1 unspecified atom stereocenters. The van der Waals surface area contributed by atoms with Gasteiger partial charge < -0.3 is 9.30 Å². The highest BCUT2D eigenvalue weighted by Gasteiger charge is 2.36.